The van der Waals surface area contributed by atoms with E-state index < -0.39 is 0 Å². The minimum atomic E-state index is 0.434. The lowest BCUT2D eigenvalue weighted by molar-refractivity contribution is 0.664. The Bertz CT molecular complexity index is 456. The fourth-order valence-corrected chi connectivity index (χ4v) is 2.68. The van der Waals surface area contributed by atoms with Crippen molar-refractivity contribution in [3.05, 3.63) is 46.8 Å². The standard InChI is InChI=1S/C14H17NS/c1-10-4-6-12(7-5-10)14-9-8-13(16-14)11(2)15-3/h4-9,11,15H,1-3H3. The van der Waals surface area contributed by atoms with E-state index in [4.69, 9.17) is 0 Å². The van der Waals surface area contributed by atoms with Gasteiger partial charge in [0.25, 0.3) is 0 Å². The van der Waals surface area contributed by atoms with Crippen LogP contribution in [0.15, 0.2) is 36.4 Å². The van der Waals surface area contributed by atoms with Crippen molar-refractivity contribution in [2.45, 2.75) is 19.9 Å². The first kappa shape index (κ1) is 11.4. The van der Waals surface area contributed by atoms with Gasteiger partial charge in [0.1, 0.15) is 0 Å². The summed E-state index contributed by atoms with van der Waals surface area (Å²) >= 11 is 1.86. The van der Waals surface area contributed by atoms with Gasteiger partial charge in [-0.15, -0.1) is 11.3 Å². The molecule has 1 atom stereocenters. The molecule has 1 N–H and O–H groups in total. The van der Waals surface area contributed by atoms with Gasteiger partial charge in [-0.25, -0.2) is 0 Å². The van der Waals surface area contributed by atoms with E-state index in [-0.39, 0.29) is 0 Å². The largest absolute Gasteiger partial charge is 0.313 e. The fraction of sp³-hybridized carbons (Fsp3) is 0.286. The first-order chi connectivity index (χ1) is 7.70. The van der Waals surface area contributed by atoms with Crippen LogP contribution in [0.3, 0.4) is 0 Å². The Morgan fingerprint density at radius 3 is 2.38 bits per heavy atom. The number of hydrogen-bond acceptors (Lipinski definition) is 2. The van der Waals surface area contributed by atoms with Crippen LogP contribution in [-0.2, 0) is 0 Å². The van der Waals surface area contributed by atoms with Crippen molar-refractivity contribution in [3.8, 4) is 10.4 Å². The maximum atomic E-state index is 3.27. The summed E-state index contributed by atoms with van der Waals surface area (Å²) in [6.45, 7) is 4.30. The zero-order valence-electron chi connectivity index (χ0n) is 9.95. The van der Waals surface area contributed by atoms with Gasteiger partial charge in [0, 0.05) is 15.8 Å². The molecule has 0 fully saturated rings. The average Bonchev–Trinajstić information content (AvgIpc) is 2.78. The van der Waals surface area contributed by atoms with Crippen molar-refractivity contribution in [2.75, 3.05) is 7.05 Å². The van der Waals surface area contributed by atoms with Crippen molar-refractivity contribution in [1.29, 1.82) is 0 Å². The van der Waals surface area contributed by atoms with Crippen LogP contribution in [0, 0.1) is 6.92 Å². The van der Waals surface area contributed by atoms with Crippen LogP contribution in [0.5, 0.6) is 0 Å². The maximum Gasteiger partial charge on any atom is 0.0383 e. The molecule has 0 bridgehead atoms. The molecule has 1 nitrogen and oxygen atoms in total. The van der Waals surface area contributed by atoms with Crippen molar-refractivity contribution in [2.24, 2.45) is 0 Å². The van der Waals surface area contributed by atoms with Crippen molar-refractivity contribution in [1.82, 2.24) is 5.32 Å². The number of benzene rings is 1. The molecule has 2 heteroatoms. The summed E-state index contributed by atoms with van der Waals surface area (Å²) in [6, 6.07) is 13.6. The molecular weight excluding hydrogens is 214 g/mol. The van der Waals surface area contributed by atoms with Gasteiger partial charge in [-0.3, -0.25) is 0 Å². The molecule has 1 unspecified atom stereocenters. The molecule has 1 aromatic heterocycles. The molecule has 2 aromatic rings. The van der Waals surface area contributed by atoms with Crippen LogP contribution in [0.25, 0.3) is 10.4 Å². The summed E-state index contributed by atoms with van der Waals surface area (Å²) in [5.41, 5.74) is 2.62. The van der Waals surface area contributed by atoms with Gasteiger partial charge in [0.15, 0.2) is 0 Å². The van der Waals surface area contributed by atoms with Crippen LogP contribution in [0.1, 0.15) is 23.4 Å². The molecule has 0 amide bonds. The summed E-state index contributed by atoms with van der Waals surface area (Å²) in [4.78, 5) is 2.73. The third-order valence-electron chi connectivity index (χ3n) is 2.82. The Morgan fingerprint density at radius 1 is 1.06 bits per heavy atom. The molecular formula is C14H17NS. The molecule has 1 heterocycles. The third-order valence-corrected chi connectivity index (χ3v) is 4.14. The predicted octanol–water partition coefficient (Wildman–Crippen LogP) is 4.00. The summed E-state index contributed by atoms with van der Waals surface area (Å²) in [6.07, 6.45) is 0. The SMILES string of the molecule is CNC(C)c1ccc(-c2ccc(C)cc2)s1. The number of nitrogens with one attached hydrogen (secondary N) is 1. The molecule has 1 aromatic carbocycles. The summed E-state index contributed by atoms with van der Waals surface area (Å²) in [5, 5.41) is 3.27. The van der Waals surface area contributed by atoms with Gasteiger partial charge in [-0.05, 0) is 38.6 Å². The fourth-order valence-electron chi connectivity index (χ4n) is 1.60. The Labute approximate surface area is 101 Å². The van der Waals surface area contributed by atoms with Gasteiger partial charge in [-0.1, -0.05) is 29.8 Å². The van der Waals surface area contributed by atoms with E-state index in [0.717, 1.165) is 0 Å². The number of rotatable bonds is 3. The van der Waals surface area contributed by atoms with Crippen molar-refractivity contribution >= 4 is 11.3 Å². The van der Waals surface area contributed by atoms with E-state index >= 15 is 0 Å². The van der Waals surface area contributed by atoms with Gasteiger partial charge >= 0.3 is 0 Å². The van der Waals surface area contributed by atoms with E-state index in [0.29, 0.717) is 6.04 Å². The molecule has 0 spiro atoms. The third kappa shape index (κ3) is 2.34. The lowest BCUT2D eigenvalue weighted by Gasteiger charge is -2.05. The number of aryl methyl sites for hydroxylation is 1. The molecule has 2 rings (SSSR count). The zero-order valence-corrected chi connectivity index (χ0v) is 10.8. The lowest BCUT2D eigenvalue weighted by Crippen LogP contribution is -2.10. The van der Waals surface area contributed by atoms with Gasteiger partial charge in [-0.2, -0.15) is 0 Å². The van der Waals surface area contributed by atoms with Crippen molar-refractivity contribution < 1.29 is 0 Å². The Morgan fingerprint density at radius 2 is 1.75 bits per heavy atom. The van der Waals surface area contributed by atoms with Gasteiger partial charge in [0.05, 0.1) is 0 Å². The molecule has 0 aliphatic heterocycles. The quantitative estimate of drug-likeness (QED) is 0.841. The highest BCUT2D eigenvalue weighted by molar-refractivity contribution is 7.15. The van der Waals surface area contributed by atoms with Gasteiger partial charge in [0.2, 0.25) is 0 Å². The minimum Gasteiger partial charge on any atom is -0.313 e. The van der Waals surface area contributed by atoms with E-state index in [1.807, 2.05) is 18.4 Å². The first-order valence-electron chi connectivity index (χ1n) is 5.54. The topological polar surface area (TPSA) is 12.0 Å². The summed E-state index contributed by atoms with van der Waals surface area (Å²) < 4.78 is 0. The average molecular weight is 231 g/mol. The Balaban J connectivity index is 2.28. The second-order valence-corrected chi connectivity index (χ2v) is 5.19. The minimum absolute atomic E-state index is 0.434. The Hall–Kier alpha value is -1.12. The first-order valence-corrected chi connectivity index (χ1v) is 6.36. The molecule has 0 saturated carbocycles. The molecule has 16 heavy (non-hydrogen) atoms. The molecule has 84 valence electrons. The smallest absolute Gasteiger partial charge is 0.0383 e. The van der Waals surface area contributed by atoms with Crippen LogP contribution in [0.4, 0.5) is 0 Å². The zero-order chi connectivity index (χ0) is 11.5. The second-order valence-electron chi connectivity index (χ2n) is 4.08. The van der Waals surface area contributed by atoms with E-state index in [2.05, 4.69) is 55.6 Å². The molecule has 0 aliphatic rings. The summed E-state index contributed by atoms with van der Waals surface area (Å²) in [5.74, 6) is 0. The highest BCUT2D eigenvalue weighted by Gasteiger charge is 2.07. The summed E-state index contributed by atoms with van der Waals surface area (Å²) in [7, 11) is 2.00. The van der Waals surface area contributed by atoms with E-state index in [1.165, 1.54) is 20.9 Å². The Kier molecular flexibility index (Phi) is 3.42. The predicted molar refractivity (Wildman–Crippen MR) is 72.0 cm³/mol. The van der Waals surface area contributed by atoms with Crippen LogP contribution < -0.4 is 5.32 Å². The maximum absolute atomic E-state index is 3.27. The molecule has 0 aliphatic carbocycles. The van der Waals surface area contributed by atoms with Gasteiger partial charge < -0.3 is 5.32 Å². The van der Waals surface area contributed by atoms with Crippen LogP contribution in [-0.4, -0.2) is 7.05 Å². The van der Waals surface area contributed by atoms with E-state index in [1.54, 1.807) is 0 Å². The highest BCUT2D eigenvalue weighted by Crippen LogP contribution is 2.31. The van der Waals surface area contributed by atoms with E-state index in [9.17, 15) is 0 Å². The number of hydrogen-bond donors (Lipinski definition) is 1. The molecule has 0 radical (unpaired) electrons. The molecule has 0 saturated heterocycles. The normalized spacial score (nSPS) is 12.7. The number of thiophene rings is 1. The van der Waals surface area contributed by atoms with Crippen LogP contribution >= 0.6 is 11.3 Å². The van der Waals surface area contributed by atoms with Crippen molar-refractivity contribution in [3.63, 3.8) is 0 Å². The second kappa shape index (κ2) is 4.81. The lowest BCUT2D eigenvalue weighted by atomic mass is 10.1. The highest BCUT2D eigenvalue weighted by atomic mass is 32.1. The monoisotopic (exact) mass is 231 g/mol. The van der Waals surface area contributed by atoms with Crippen LogP contribution in [0.2, 0.25) is 0 Å².